The largest absolute Gasteiger partial charge is 0.399 e. The maximum absolute atomic E-state index is 13.0. The Balaban J connectivity index is 2.23. The summed E-state index contributed by atoms with van der Waals surface area (Å²) in [6.07, 6.45) is 1.78. The van der Waals surface area contributed by atoms with E-state index in [1.165, 1.54) is 11.6 Å². The number of aryl methyl sites for hydroxylation is 1. The third-order valence-electron chi connectivity index (χ3n) is 4.74. The number of halogens is 1. The van der Waals surface area contributed by atoms with Crippen LogP contribution in [-0.2, 0) is 14.1 Å². The Morgan fingerprint density at radius 2 is 1.59 bits per heavy atom. The molecule has 0 radical (unpaired) electrons. The van der Waals surface area contributed by atoms with E-state index in [0.717, 1.165) is 10.3 Å². The first kappa shape index (κ1) is 17.2. The topological polar surface area (TPSA) is 75.0 Å². The molecule has 6 nitrogen and oxygen atoms in total. The van der Waals surface area contributed by atoms with Gasteiger partial charge in [0.25, 0.3) is 5.56 Å². The predicted octanol–water partition coefficient (Wildman–Crippen LogP) is 2.93. The van der Waals surface area contributed by atoms with Gasteiger partial charge in [-0.05, 0) is 30.3 Å². The van der Waals surface area contributed by atoms with Gasteiger partial charge in [0.15, 0.2) is 0 Å². The number of nitrogens with zero attached hydrogens (tertiary/aromatic N) is 3. The number of aromatic nitrogens is 3. The second-order valence-corrected chi connectivity index (χ2v) is 6.79. The Morgan fingerprint density at radius 1 is 0.926 bits per heavy atom. The number of hydrogen-bond acceptors (Lipinski definition) is 3. The van der Waals surface area contributed by atoms with Gasteiger partial charge in [-0.25, -0.2) is 4.79 Å². The summed E-state index contributed by atoms with van der Waals surface area (Å²) in [5, 5.41) is 0.953. The molecule has 0 unspecified atom stereocenters. The summed E-state index contributed by atoms with van der Waals surface area (Å²) in [7, 11) is 3.12. The molecule has 7 heteroatoms. The van der Waals surface area contributed by atoms with E-state index in [-0.39, 0.29) is 11.2 Å². The molecule has 27 heavy (non-hydrogen) atoms. The Bertz CT molecular complexity index is 1300. The Labute approximate surface area is 159 Å². The molecule has 0 amide bonds. The van der Waals surface area contributed by atoms with Crippen molar-refractivity contribution in [2.75, 3.05) is 5.73 Å². The van der Waals surface area contributed by atoms with Crippen LogP contribution < -0.4 is 17.0 Å². The highest BCUT2D eigenvalue weighted by Crippen LogP contribution is 2.35. The number of rotatable bonds is 2. The Morgan fingerprint density at radius 3 is 2.26 bits per heavy atom. The smallest absolute Gasteiger partial charge is 0.330 e. The average Bonchev–Trinajstić information content (AvgIpc) is 3.06. The molecule has 0 bridgehead atoms. The number of fused-ring (bicyclic) bond motifs is 1. The zero-order valence-electron chi connectivity index (χ0n) is 14.8. The van der Waals surface area contributed by atoms with E-state index < -0.39 is 0 Å². The Kier molecular flexibility index (Phi) is 3.93. The second-order valence-electron chi connectivity index (χ2n) is 6.39. The van der Waals surface area contributed by atoms with Crippen molar-refractivity contribution in [1.29, 1.82) is 0 Å². The van der Waals surface area contributed by atoms with Crippen molar-refractivity contribution in [3.63, 3.8) is 0 Å². The van der Waals surface area contributed by atoms with Crippen LogP contribution in [0.1, 0.15) is 0 Å². The predicted molar refractivity (Wildman–Crippen MR) is 109 cm³/mol. The van der Waals surface area contributed by atoms with Crippen LogP contribution >= 0.6 is 11.6 Å². The summed E-state index contributed by atoms with van der Waals surface area (Å²) >= 11 is 6.45. The standard InChI is InChI=1S/C20H17ClN4O2/c1-23-16-11-25(13-9-7-12(22)8-10-13)18(14-5-3-4-6-15(14)21)17(16)19(26)24(2)20(23)27/h3-11H,22H2,1-2H3. The molecule has 2 aromatic heterocycles. The molecular formula is C20H17ClN4O2. The van der Waals surface area contributed by atoms with Crippen molar-refractivity contribution >= 4 is 28.2 Å². The molecule has 2 aromatic carbocycles. The maximum atomic E-state index is 13.0. The van der Waals surface area contributed by atoms with Gasteiger partial charge in [0.05, 0.1) is 16.6 Å². The third-order valence-corrected chi connectivity index (χ3v) is 5.07. The number of nitrogen functional groups attached to an aromatic ring is 1. The van der Waals surface area contributed by atoms with E-state index in [1.54, 1.807) is 31.4 Å². The monoisotopic (exact) mass is 380 g/mol. The van der Waals surface area contributed by atoms with Crippen LogP contribution in [-0.4, -0.2) is 13.7 Å². The van der Waals surface area contributed by atoms with E-state index in [0.29, 0.717) is 32.9 Å². The van der Waals surface area contributed by atoms with Gasteiger partial charge in [0, 0.05) is 42.3 Å². The molecule has 136 valence electrons. The summed E-state index contributed by atoms with van der Waals surface area (Å²) in [5.74, 6) is 0. The van der Waals surface area contributed by atoms with Crippen molar-refractivity contribution in [3.8, 4) is 16.9 Å². The SMILES string of the molecule is Cn1c(=O)c2c(-c3ccccc3Cl)n(-c3ccc(N)cc3)cc2n(C)c1=O. The van der Waals surface area contributed by atoms with Gasteiger partial charge in [-0.1, -0.05) is 29.8 Å². The lowest BCUT2D eigenvalue weighted by molar-refractivity contribution is 0.714. The minimum atomic E-state index is -0.382. The zero-order valence-corrected chi connectivity index (χ0v) is 15.6. The Hall–Kier alpha value is -3.25. The van der Waals surface area contributed by atoms with Crippen LogP contribution in [0.3, 0.4) is 0 Å². The summed E-state index contributed by atoms with van der Waals surface area (Å²) in [5.41, 5.74) is 8.40. The lowest BCUT2D eigenvalue weighted by Gasteiger charge is -2.11. The molecule has 0 aliphatic heterocycles. The molecule has 0 fully saturated rings. The van der Waals surface area contributed by atoms with Crippen LogP contribution in [0, 0.1) is 0 Å². The van der Waals surface area contributed by atoms with Crippen LogP contribution in [0.2, 0.25) is 5.02 Å². The molecule has 0 aliphatic carbocycles. The summed E-state index contributed by atoms with van der Waals surface area (Å²) in [6.45, 7) is 0. The fraction of sp³-hybridized carbons (Fsp3) is 0.100. The van der Waals surface area contributed by atoms with Crippen LogP contribution in [0.25, 0.3) is 27.8 Å². The van der Waals surface area contributed by atoms with Crippen LogP contribution in [0.5, 0.6) is 0 Å². The van der Waals surface area contributed by atoms with E-state index in [4.69, 9.17) is 17.3 Å². The number of hydrogen-bond donors (Lipinski definition) is 1. The average molecular weight is 381 g/mol. The third kappa shape index (κ3) is 2.57. The fourth-order valence-corrected chi connectivity index (χ4v) is 3.52. The fourth-order valence-electron chi connectivity index (χ4n) is 3.30. The molecule has 2 N–H and O–H groups in total. The highest BCUT2D eigenvalue weighted by atomic mass is 35.5. The first-order valence-corrected chi connectivity index (χ1v) is 8.70. The molecular weight excluding hydrogens is 364 g/mol. The van der Waals surface area contributed by atoms with Crippen molar-refractivity contribution in [1.82, 2.24) is 13.7 Å². The van der Waals surface area contributed by atoms with E-state index in [2.05, 4.69) is 0 Å². The highest BCUT2D eigenvalue weighted by molar-refractivity contribution is 6.33. The van der Waals surface area contributed by atoms with Crippen molar-refractivity contribution in [2.24, 2.45) is 14.1 Å². The lowest BCUT2D eigenvalue weighted by Crippen LogP contribution is -2.36. The lowest BCUT2D eigenvalue weighted by atomic mass is 10.1. The van der Waals surface area contributed by atoms with E-state index in [1.807, 2.05) is 34.9 Å². The summed E-state index contributed by atoms with van der Waals surface area (Å²) in [6, 6.07) is 14.6. The minimum Gasteiger partial charge on any atom is -0.399 e. The molecule has 0 saturated heterocycles. The van der Waals surface area contributed by atoms with Gasteiger partial charge in [0.1, 0.15) is 0 Å². The van der Waals surface area contributed by atoms with Crippen LogP contribution in [0.4, 0.5) is 5.69 Å². The number of nitrogens with two attached hydrogens (primary N) is 1. The molecule has 0 aliphatic rings. The summed E-state index contributed by atoms with van der Waals surface area (Å²) < 4.78 is 4.44. The zero-order chi connectivity index (χ0) is 19.3. The molecule has 4 aromatic rings. The second kappa shape index (κ2) is 6.17. The normalized spacial score (nSPS) is 11.2. The van der Waals surface area contributed by atoms with Crippen LogP contribution in [0.15, 0.2) is 64.3 Å². The van der Waals surface area contributed by atoms with Gasteiger partial charge in [-0.3, -0.25) is 13.9 Å². The number of benzene rings is 2. The maximum Gasteiger partial charge on any atom is 0.330 e. The summed E-state index contributed by atoms with van der Waals surface area (Å²) in [4.78, 5) is 25.4. The minimum absolute atomic E-state index is 0.364. The van der Waals surface area contributed by atoms with E-state index >= 15 is 0 Å². The van der Waals surface area contributed by atoms with Gasteiger partial charge < -0.3 is 10.3 Å². The van der Waals surface area contributed by atoms with Gasteiger partial charge in [-0.2, -0.15) is 0 Å². The van der Waals surface area contributed by atoms with Gasteiger partial charge >= 0.3 is 5.69 Å². The first-order valence-electron chi connectivity index (χ1n) is 8.32. The van der Waals surface area contributed by atoms with Crippen molar-refractivity contribution < 1.29 is 0 Å². The first-order chi connectivity index (χ1) is 12.9. The quantitative estimate of drug-likeness (QED) is 0.543. The van der Waals surface area contributed by atoms with Crippen molar-refractivity contribution in [3.05, 3.63) is 80.6 Å². The molecule has 0 atom stereocenters. The van der Waals surface area contributed by atoms with Gasteiger partial charge in [-0.15, -0.1) is 0 Å². The molecule has 4 rings (SSSR count). The molecule has 0 saturated carbocycles. The number of anilines is 1. The molecule has 2 heterocycles. The van der Waals surface area contributed by atoms with E-state index in [9.17, 15) is 9.59 Å². The van der Waals surface area contributed by atoms with Gasteiger partial charge in [0.2, 0.25) is 0 Å². The highest BCUT2D eigenvalue weighted by Gasteiger charge is 2.21. The molecule has 0 spiro atoms. The van der Waals surface area contributed by atoms with Crippen molar-refractivity contribution in [2.45, 2.75) is 0 Å².